The molecule has 1 aromatic heterocycles. The lowest BCUT2D eigenvalue weighted by atomic mass is 10.2. The number of anilines is 1. The summed E-state index contributed by atoms with van der Waals surface area (Å²) in [5.74, 6) is -0.922. The zero-order chi connectivity index (χ0) is 16.3. The van der Waals surface area contributed by atoms with Crippen molar-refractivity contribution < 1.29 is 14.3 Å². The van der Waals surface area contributed by atoms with Crippen LogP contribution in [0.5, 0.6) is 0 Å². The molecule has 22 heavy (non-hydrogen) atoms. The van der Waals surface area contributed by atoms with Gasteiger partial charge in [-0.2, -0.15) is 0 Å². The van der Waals surface area contributed by atoms with Gasteiger partial charge in [0.2, 0.25) is 0 Å². The molecule has 0 radical (unpaired) electrons. The minimum absolute atomic E-state index is 0.425. The molecular formula is C16H16ClNO3S. The van der Waals surface area contributed by atoms with E-state index >= 15 is 0 Å². The summed E-state index contributed by atoms with van der Waals surface area (Å²) in [6.07, 6.45) is -0.914. The van der Waals surface area contributed by atoms with Crippen molar-refractivity contribution in [2.24, 2.45) is 0 Å². The highest BCUT2D eigenvalue weighted by molar-refractivity contribution is 7.12. The van der Waals surface area contributed by atoms with Gasteiger partial charge in [-0.1, -0.05) is 23.7 Å². The zero-order valence-corrected chi connectivity index (χ0v) is 14.0. The van der Waals surface area contributed by atoms with Crippen LogP contribution in [0, 0.1) is 13.8 Å². The van der Waals surface area contributed by atoms with Gasteiger partial charge in [0.1, 0.15) is 0 Å². The minimum atomic E-state index is -0.914. The Labute approximate surface area is 138 Å². The average Bonchev–Trinajstić information content (AvgIpc) is 2.80. The van der Waals surface area contributed by atoms with E-state index < -0.39 is 18.0 Å². The van der Waals surface area contributed by atoms with Gasteiger partial charge >= 0.3 is 5.97 Å². The average molecular weight is 338 g/mol. The number of halogens is 1. The second kappa shape index (κ2) is 6.94. The van der Waals surface area contributed by atoms with E-state index in [1.807, 2.05) is 13.8 Å². The second-order valence-corrected chi connectivity index (χ2v) is 6.71. The number of thiophene rings is 1. The van der Waals surface area contributed by atoms with Crippen LogP contribution in [0.1, 0.15) is 27.0 Å². The SMILES string of the molecule is Cc1cc(C(=O)O[C@@H](C)C(=O)Nc2ccccc2Cl)c(C)s1. The Kier molecular flexibility index (Phi) is 5.21. The van der Waals surface area contributed by atoms with Crippen molar-refractivity contribution in [2.75, 3.05) is 5.32 Å². The molecule has 1 heterocycles. The van der Waals surface area contributed by atoms with Crippen LogP contribution in [0.25, 0.3) is 0 Å². The summed E-state index contributed by atoms with van der Waals surface area (Å²) < 4.78 is 5.22. The molecule has 1 amide bonds. The Morgan fingerprint density at radius 3 is 2.55 bits per heavy atom. The molecule has 0 fully saturated rings. The molecular weight excluding hydrogens is 322 g/mol. The minimum Gasteiger partial charge on any atom is -0.449 e. The number of hydrogen-bond donors (Lipinski definition) is 1. The number of carbonyl (C=O) groups is 2. The number of nitrogens with one attached hydrogen (secondary N) is 1. The lowest BCUT2D eigenvalue weighted by molar-refractivity contribution is -0.123. The van der Waals surface area contributed by atoms with Gasteiger partial charge in [0.15, 0.2) is 6.10 Å². The van der Waals surface area contributed by atoms with Crippen molar-refractivity contribution in [3.05, 3.63) is 50.7 Å². The predicted octanol–water partition coefficient (Wildman–Crippen LogP) is 4.20. The Hall–Kier alpha value is -1.85. The molecule has 0 unspecified atom stereocenters. The molecule has 0 saturated heterocycles. The lowest BCUT2D eigenvalue weighted by Gasteiger charge is -2.14. The molecule has 0 saturated carbocycles. The van der Waals surface area contributed by atoms with E-state index in [9.17, 15) is 9.59 Å². The van der Waals surface area contributed by atoms with Crippen molar-refractivity contribution in [1.29, 1.82) is 0 Å². The van der Waals surface area contributed by atoms with E-state index in [4.69, 9.17) is 16.3 Å². The summed E-state index contributed by atoms with van der Waals surface area (Å²) >= 11 is 7.50. The van der Waals surface area contributed by atoms with Gasteiger partial charge in [-0.3, -0.25) is 4.79 Å². The summed E-state index contributed by atoms with van der Waals surface area (Å²) in [7, 11) is 0. The number of ether oxygens (including phenoxy) is 1. The molecule has 0 aliphatic heterocycles. The van der Waals surface area contributed by atoms with E-state index in [0.717, 1.165) is 9.75 Å². The maximum atomic E-state index is 12.1. The zero-order valence-electron chi connectivity index (χ0n) is 12.5. The predicted molar refractivity (Wildman–Crippen MR) is 88.8 cm³/mol. The summed E-state index contributed by atoms with van der Waals surface area (Å²) in [6, 6.07) is 8.65. The van der Waals surface area contributed by atoms with Crippen molar-refractivity contribution >= 4 is 40.5 Å². The first kappa shape index (κ1) is 16.5. The quantitative estimate of drug-likeness (QED) is 0.850. The maximum Gasteiger partial charge on any atom is 0.340 e. The standard InChI is InChI=1S/C16H16ClNO3S/c1-9-8-12(11(3)22-9)16(20)21-10(2)15(19)18-14-7-5-4-6-13(14)17/h4-8,10H,1-3H3,(H,18,19)/t10-/m0/s1. The van der Waals surface area contributed by atoms with Crippen molar-refractivity contribution in [2.45, 2.75) is 26.9 Å². The molecule has 1 aromatic carbocycles. The Morgan fingerprint density at radius 1 is 1.27 bits per heavy atom. The molecule has 116 valence electrons. The highest BCUT2D eigenvalue weighted by Gasteiger charge is 2.21. The number of benzene rings is 1. The van der Waals surface area contributed by atoms with Crippen LogP contribution in [0.15, 0.2) is 30.3 Å². The Bertz CT molecular complexity index is 711. The number of aryl methyl sites for hydroxylation is 2. The molecule has 1 atom stereocenters. The maximum absolute atomic E-state index is 12.1. The summed E-state index contributed by atoms with van der Waals surface area (Å²) in [4.78, 5) is 26.1. The van der Waals surface area contributed by atoms with Gasteiger partial charge < -0.3 is 10.1 Å². The van der Waals surface area contributed by atoms with E-state index in [1.54, 1.807) is 30.3 Å². The Balaban J connectivity index is 2.01. The van der Waals surface area contributed by atoms with E-state index in [2.05, 4.69) is 5.32 Å². The van der Waals surface area contributed by atoms with Gasteiger partial charge in [0.05, 0.1) is 16.3 Å². The normalized spacial score (nSPS) is 11.8. The van der Waals surface area contributed by atoms with Crippen LogP contribution in [-0.4, -0.2) is 18.0 Å². The van der Waals surface area contributed by atoms with Crippen LogP contribution in [-0.2, 0) is 9.53 Å². The fraction of sp³-hybridized carbons (Fsp3) is 0.250. The third kappa shape index (κ3) is 3.87. The van der Waals surface area contributed by atoms with Gasteiger partial charge in [0.25, 0.3) is 5.91 Å². The number of amides is 1. The molecule has 1 N–H and O–H groups in total. The number of hydrogen-bond acceptors (Lipinski definition) is 4. The first-order valence-electron chi connectivity index (χ1n) is 6.72. The van der Waals surface area contributed by atoms with Gasteiger partial charge in [-0.25, -0.2) is 4.79 Å². The molecule has 2 aromatic rings. The third-order valence-electron chi connectivity index (χ3n) is 3.05. The van der Waals surface area contributed by atoms with E-state index in [1.165, 1.54) is 18.3 Å². The van der Waals surface area contributed by atoms with Crippen molar-refractivity contribution in [3.8, 4) is 0 Å². The van der Waals surface area contributed by atoms with Crippen molar-refractivity contribution in [1.82, 2.24) is 0 Å². The molecule has 4 nitrogen and oxygen atoms in total. The first-order chi connectivity index (χ1) is 10.4. The summed E-state index contributed by atoms with van der Waals surface area (Å²) in [5, 5.41) is 3.07. The third-order valence-corrected chi connectivity index (χ3v) is 4.34. The highest BCUT2D eigenvalue weighted by atomic mass is 35.5. The van der Waals surface area contributed by atoms with E-state index in [0.29, 0.717) is 16.3 Å². The van der Waals surface area contributed by atoms with Crippen LogP contribution in [0.2, 0.25) is 5.02 Å². The summed E-state index contributed by atoms with van der Waals surface area (Å²) in [5.41, 5.74) is 0.986. The highest BCUT2D eigenvalue weighted by Crippen LogP contribution is 2.23. The van der Waals surface area contributed by atoms with Gasteiger partial charge in [-0.15, -0.1) is 11.3 Å². The molecule has 0 bridgehead atoms. The molecule has 0 aliphatic carbocycles. The van der Waals surface area contributed by atoms with Gasteiger partial charge in [0, 0.05) is 9.75 Å². The Morgan fingerprint density at radius 2 is 1.95 bits per heavy atom. The van der Waals surface area contributed by atoms with Gasteiger partial charge in [-0.05, 0) is 39.0 Å². The summed E-state index contributed by atoms with van der Waals surface area (Å²) in [6.45, 7) is 5.30. The number of carbonyl (C=O) groups excluding carboxylic acids is 2. The van der Waals surface area contributed by atoms with Crippen LogP contribution >= 0.6 is 22.9 Å². The number of rotatable bonds is 4. The number of para-hydroxylation sites is 1. The topological polar surface area (TPSA) is 55.4 Å². The van der Waals surface area contributed by atoms with Crippen LogP contribution < -0.4 is 5.32 Å². The molecule has 0 aliphatic rings. The smallest absolute Gasteiger partial charge is 0.340 e. The fourth-order valence-electron chi connectivity index (χ4n) is 1.91. The van der Waals surface area contributed by atoms with E-state index in [-0.39, 0.29) is 0 Å². The monoisotopic (exact) mass is 337 g/mol. The van der Waals surface area contributed by atoms with Crippen LogP contribution in [0.4, 0.5) is 5.69 Å². The first-order valence-corrected chi connectivity index (χ1v) is 7.91. The van der Waals surface area contributed by atoms with Crippen LogP contribution in [0.3, 0.4) is 0 Å². The molecule has 0 spiro atoms. The largest absolute Gasteiger partial charge is 0.449 e. The molecule has 6 heteroatoms. The van der Waals surface area contributed by atoms with Crippen molar-refractivity contribution in [3.63, 3.8) is 0 Å². The fourth-order valence-corrected chi connectivity index (χ4v) is 3.00. The lowest BCUT2D eigenvalue weighted by Crippen LogP contribution is -2.30. The second-order valence-electron chi connectivity index (χ2n) is 4.84. The number of esters is 1. The molecule has 2 rings (SSSR count).